The molecule has 0 spiro atoms. The van der Waals surface area contributed by atoms with Gasteiger partial charge in [-0.25, -0.2) is 14.8 Å². The molecule has 0 unspecified atom stereocenters. The summed E-state index contributed by atoms with van der Waals surface area (Å²) in [5.74, 6) is -1.43. The van der Waals surface area contributed by atoms with E-state index in [-0.39, 0.29) is 15.7 Å². The van der Waals surface area contributed by atoms with Crippen LogP contribution in [0.1, 0.15) is 10.4 Å². The maximum Gasteiger partial charge on any atom is 0.342 e. The molecular formula is C10H6N4O5S. The molecule has 0 saturated heterocycles. The summed E-state index contributed by atoms with van der Waals surface area (Å²) < 4.78 is 0. The van der Waals surface area contributed by atoms with Crippen LogP contribution in [0.5, 0.6) is 0 Å². The predicted octanol–water partition coefficient (Wildman–Crippen LogP) is 0.922. The standard InChI is InChI=1S/C10H6N4O5S/c15-7-1-2-11-10(13-7)20-8-3-5(9(16)17)6(4-12-8)14(18)19/h1-4H,(H,16,17)(H,11,13,15). The molecule has 2 N–H and O–H groups in total. The molecule has 9 nitrogen and oxygen atoms in total. The van der Waals surface area contributed by atoms with Crippen molar-refractivity contribution in [1.29, 1.82) is 0 Å². The second-order valence-electron chi connectivity index (χ2n) is 3.44. The van der Waals surface area contributed by atoms with Gasteiger partial charge in [0.25, 0.3) is 5.56 Å². The first-order valence-corrected chi connectivity index (χ1v) is 5.90. The van der Waals surface area contributed by atoms with E-state index in [9.17, 15) is 19.7 Å². The maximum atomic E-state index is 11.1. The second kappa shape index (κ2) is 5.48. The Bertz CT molecular complexity index is 744. The summed E-state index contributed by atoms with van der Waals surface area (Å²) in [7, 11) is 0. The summed E-state index contributed by atoms with van der Waals surface area (Å²) in [6.45, 7) is 0. The normalized spacial score (nSPS) is 10.2. The lowest BCUT2D eigenvalue weighted by molar-refractivity contribution is -0.385. The van der Waals surface area contributed by atoms with Crippen molar-refractivity contribution in [2.24, 2.45) is 0 Å². The fraction of sp³-hybridized carbons (Fsp3) is 0. The monoisotopic (exact) mass is 294 g/mol. The SMILES string of the molecule is O=C(O)c1cc(Sc2nccc(=O)[nH]2)ncc1[N+](=O)[O-]. The topological polar surface area (TPSA) is 139 Å². The smallest absolute Gasteiger partial charge is 0.342 e. The van der Waals surface area contributed by atoms with Gasteiger partial charge in [0.1, 0.15) is 16.8 Å². The van der Waals surface area contributed by atoms with Crippen LogP contribution in [-0.4, -0.2) is 31.0 Å². The molecule has 10 heteroatoms. The largest absolute Gasteiger partial charge is 0.477 e. The van der Waals surface area contributed by atoms with Crippen molar-refractivity contribution >= 4 is 23.4 Å². The number of aromatic carboxylic acids is 1. The van der Waals surface area contributed by atoms with E-state index in [0.29, 0.717) is 0 Å². The van der Waals surface area contributed by atoms with E-state index >= 15 is 0 Å². The first-order valence-electron chi connectivity index (χ1n) is 5.08. The lowest BCUT2D eigenvalue weighted by Crippen LogP contribution is -2.06. The molecule has 0 aliphatic rings. The quantitative estimate of drug-likeness (QED) is 0.482. The molecule has 0 aliphatic heterocycles. The number of pyridine rings is 1. The molecule has 0 aliphatic carbocycles. The van der Waals surface area contributed by atoms with Crippen molar-refractivity contribution in [1.82, 2.24) is 15.0 Å². The number of carbonyl (C=O) groups is 1. The molecule has 2 heterocycles. The van der Waals surface area contributed by atoms with Gasteiger partial charge in [-0.1, -0.05) is 0 Å². The Morgan fingerprint density at radius 1 is 1.45 bits per heavy atom. The molecule has 2 aromatic heterocycles. The Kier molecular flexibility index (Phi) is 3.75. The summed E-state index contributed by atoms with van der Waals surface area (Å²) >= 11 is 0.890. The molecule has 2 aromatic rings. The van der Waals surface area contributed by atoms with E-state index in [1.807, 2.05) is 0 Å². The number of nitrogens with zero attached hydrogens (tertiary/aromatic N) is 3. The van der Waals surface area contributed by atoms with Crippen LogP contribution in [0.25, 0.3) is 0 Å². The fourth-order valence-electron chi connectivity index (χ4n) is 1.30. The van der Waals surface area contributed by atoms with Crippen molar-refractivity contribution in [3.63, 3.8) is 0 Å². The van der Waals surface area contributed by atoms with Crippen LogP contribution in [0.4, 0.5) is 5.69 Å². The van der Waals surface area contributed by atoms with Crippen LogP contribution < -0.4 is 5.56 Å². The highest BCUT2D eigenvalue weighted by Gasteiger charge is 2.21. The fourth-order valence-corrected chi connectivity index (χ4v) is 2.05. The third-order valence-electron chi connectivity index (χ3n) is 2.13. The first-order chi connectivity index (χ1) is 9.47. The highest BCUT2D eigenvalue weighted by molar-refractivity contribution is 7.99. The highest BCUT2D eigenvalue weighted by atomic mass is 32.2. The van der Waals surface area contributed by atoms with E-state index in [4.69, 9.17) is 5.11 Å². The van der Waals surface area contributed by atoms with Gasteiger partial charge in [0.2, 0.25) is 0 Å². The zero-order valence-corrected chi connectivity index (χ0v) is 10.5. The number of hydrogen-bond donors (Lipinski definition) is 2. The molecule has 2 rings (SSSR count). The van der Waals surface area contributed by atoms with E-state index in [1.165, 1.54) is 12.3 Å². The molecule has 0 atom stereocenters. The van der Waals surface area contributed by atoms with Crippen LogP contribution in [0.2, 0.25) is 0 Å². The Morgan fingerprint density at radius 2 is 2.20 bits per heavy atom. The van der Waals surface area contributed by atoms with Gasteiger partial charge in [-0.05, 0) is 17.8 Å². The average molecular weight is 294 g/mol. The number of aromatic nitrogens is 3. The molecule has 0 radical (unpaired) electrons. The van der Waals surface area contributed by atoms with Crippen LogP contribution in [0.15, 0.2) is 39.5 Å². The summed E-state index contributed by atoms with van der Waals surface area (Å²) in [4.78, 5) is 41.9. The van der Waals surface area contributed by atoms with Crippen molar-refractivity contribution in [2.45, 2.75) is 10.2 Å². The minimum absolute atomic E-state index is 0.169. The van der Waals surface area contributed by atoms with Gasteiger partial charge in [-0.3, -0.25) is 14.9 Å². The molecular weight excluding hydrogens is 288 g/mol. The molecule has 0 aromatic carbocycles. The summed E-state index contributed by atoms with van der Waals surface area (Å²) in [5.41, 5.74) is -1.45. The molecule has 0 amide bonds. The Labute approximate surface area is 114 Å². The minimum atomic E-state index is -1.43. The number of H-pyrrole nitrogens is 1. The first kappa shape index (κ1) is 13.7. The lowest BCUT2D eigenvalue weighted by atomic mass is 10.2. The number of hydrogen-bond acceptors (Lipinski definition) is 7. The number of nitro groups is 1. The van der Waals surface area contributed by atoms with Crippen LogP contribution in [0, 0.1) is 10.1 Å². The van der Waals surface area contributed by atoms with Gasteiger partial charge in [-0.15, -0.1) is 0 Å². The maximum absolute atomic E-state index is 11.1. The van der Waals surface area contributed by atoms with E-state index in [2.05, 4.69) is 15.0 Å². The summed E-state index contributed by atoms with van der Waals surface area (Å²) in [6, 6.07) is 2.27. The Balaban J connectivity index is 2.39. The van der Waals surface area contributed by atoms with Gasteiger partial charge in [0.15, 0.2) is 5.16 Å². The molecule has 20 heavy (non-hydrogen) atoms. The summed E-state index contributed by atoms with van der Waals surface area (Å²) in [6.07, 6.45) is 2.14. The van der Waals surface area contributed by atoms with E-state index < -0.39 is 22.1 Å². The van der Waals surface area contributed by atoms with Crippen LogP contribution >= 0.6 is 11.8 Å². The van der Waals surface area contributed by atoms with Gasteiger partial charge < -0.3 is 10.1 Å². The molecule has 0 fully saturated rings. The molecule has 102 valence electrons. The van der Waals surface area contributed by atoms with Gasteiger partial charge >= 0.3 is 11.7 Å². The number of carboxylic acid groups (broad SMARTS) is 1. The zero-order chi connectivity index (χ0) is 14.7. The van der Waals surface area contributed by atoms with Crippen molar-refractivity contribution in [3.05, 3.63) is 50.6 Å². The third kappa shape index (κ3) is 2.98. The van der Waals surface area contributed by atoms with E-state index in [1.54, 1.807) is 0 Å². The zero-order valence-electron chi connectivity index (χ0n) is 9.64. The third-order valence-corrected chi connectivity index (χ3v) is 2.97. The molecule has 0 bridgehead atoms. The van der Waals surface area contributed by atoms with Crippen LogP contribution in [-0.2, 0) is 0 Å². The summed E-state index contributed by atoms with van der Waals surface area (Å²) in [5, 5.41) is 20.0. The van der Waals surface area contributed by atoms with Crippen molar-refractivity contribution in [2.75, 3.05) is 0 Å². The van der Waals surface area contributed by atoms with Crippen molar-refractivity contribution in [3.8, 4) is 0 Å². The minimum Gasteiger partial charge on any atom is -0.477 e. The lowest BCUT2D eigenvalue weighted by Gasteiger charge is -2.02. The Hall–Kier alpha value is -2.75. The highest BCUT2D eigenvalue weighted by Crippen LogP contribution is 2.26. The number of nitrogens with one attached hydrogen (secondary N) is 1. The predicted molar refractivity (Wildman–Crippen MR) is 66.8 cm³/mol. The van der Waals surface area contributed by atoms with Gasteiger partial charge in [0.05, 0.1) is 4.92 Å². The Morgan fingerprint density at radius 3 is 2.80 bits per heavy atom. The number of aromatic amines is 1. The van der Waals surface area contributed by atoms with Gasteiger partial charge in [-0.2, -0.15) is 0 Å². The number of rotatable bonds is 4. The number of carboxylic acids is 1. The second-order valence-corrected chi connectivity index (χ2v) is 4.45. The van der Waals surface area contributed by atoms with E-state index in [0.717, 1.165) is 24.0 Å². The van der Waals surface area contributed by atoms with Crippen LogP contribution in [0.3, 0.4) is 0 Å². The van der Waals surface area contributed by atoms with Gasteiger partial charge in [0, 0.05) is 12.3 Å². The molecule has 0 saturated carbocycles. The average Bonchev–Trinajstić information content (AvgIpc) is 2.38. The van der Waals surface area contributed by atoms with Crippen molar-refractivity contribution < 1.29 is 14.8 Å².